The summed E-state index contributed by atoms with van der Waals surface area (Å²) in [4.78, 5) is 13.1. The lowest BCUT2D eigenvalue weighted by Crippen LogP contribution is -2.23. The van der Waals surface area contributed by atoms with E-state index in [4.69, 9.17) is 15.1 Å². The first kappa shape index (κ1) is 20.9. The first-order chi connectivity index (χ1) is 15.7. The van der Waals surface area contributed by atoms with Gasteiger partial charge in [-0.1, -0.05) is 54.6 Å². The minimum atomic E-state index is -0.216. The van der Waals surface area contributed by atoms with E-state index < -0.39 is 0 Å². The minimum absolute atomic E-state index is 0.216. The zero-order valence-electron chi connectivity index (χ0n) is 17.7. The van der Waals surface area contributed by atoms with Crippen LogP contribution in [-0.4, -0.2) is 22.8 Å². The second-order valence-electron chi connectivity index (χ2n) is 7.30. The summed E-state index contributed by atoms with van der Waals surface area (Å²) in [5, 5.41) is 16.6. The highest BCUT2D eigenvalue weighted by Crippen LogP contribution is 2.26. The van der Waals surface area contributed by atoms with Crippen molar-refractivity contribution in [2.24, 2.45) is 0 Å². The monoisotopic (exact) mass is 422 g/mol. The van der Waals surface area contributed by atoms with Gasteiger partial charge < -0.3 is 10.1 Å². The fourth-order valence-electron chi connectivity index (χ4n) is 3.40. The summed E-state index contributed by atoms with van der Waals surface area (Å²) in [5.41, 5.74) is 4.48. The minimum Gasteiger partial charge on any atom is -0.497 e. The quantitative estimate of drug-likeness (QED) is 0.478. The Labute approximate surface area is 186 Å². The van der Waals surface area contributed by atoms with Crippen LogP contribution in [0.2, 0.25) is 0 Å². The summed E-state index contributed by atoms with van der Waals surface area (Å²) in [6.07, 6.45) is 1.77. The highest BCUT2D eigenvalue weighted by atomic mass is 16.5. The Morgan fingerprint density at radius 1 is 1.03 bits per heavy atom. The van der Waals surface area contributed by atoms with Gasteiger partial charge in [-0.05, 0) is 35.4 Å². The molecule has 1 heterocycles. The maximum Gasteiger partial charge on any atom is 0.255 e. The van der Waals surface area contributed by atoms with Gasteiger partial charge in [0, 0.05) is 18.3 Å². The number of carbonyl (C=O) groups excluding carboxylic acids is 1. The number of amides is 1. The standard InChI is InChI=1S/C26H22N4O2/c1-32-23-9-5-8-22(14-23)25-24(18-30(29-25)17-21-6-3-2-4-7-21)26(31)28-16-20-12-10-19(15-27)11-13-20/h2-14,18H,16-17H2,1H3,(H,28,31). The third-order valence-electron chi connectivity index (χ3n) is 5.07. The van der Waals surface area contributed by atoms with Crippen molar-refractivity contribution >= 4 is 5.91 Å². The van der Waals surface area contributed by atoms with Crippen LogP contribution in [0.5, 0.6) is 5.75 Å². The molecule has 4 aromatic rings. The number of nitrogens with one attached hydrogen (secondary N) is 1. The van der Waals surface area contributed by atoms with Crippen LogP contribution in [0.4, 0.5) is 0 Å². The molecule has 1 aromatic heterocycles. The Morgan fingerprint density at radius 2 is 1.81 bits per heavy atom. The molecule has 0 saturated carbocycles. The lowest BCUT2D eigenvalue weighted by Gasteiger charge is -2.07. The molecule has 1 amide bonds. The summed E-state index contributed by atoms with van der Waals surface area (Å²) >= 11 is 0. The van der Waals surface area contributed by atoms with Crippen molar-refractivity contribution < 1.29 is 9.53 Å². The van der Waals surface area contributed by atoms with Crippen molar-refractivity contribution in [1.82, 2.24) is 15.1 Å². The summed E-state index contributed by atoms with van der Waals surface area (Å²) in [5.74, 6) is 0.482. The maximum atomic E-state index is 13.1. The predicted molar refractivity (Wildman–Crippen MR) is 122 cm³/mol. The van der Waals surface area contributed by atoms with Gasteiger partial charge in [-0.3, -0.25) is 9.48 Å². The van der Waals surface area contributed by atoms with Gasteiger partial charge in [-0.2, -0.15) is 10.4 Å². The van der Waals surface area contributed by atoms with E-state index in [1.807, 2.05) is 66.7 Å². The molecule has 158 valence electrons. The van der Waals surface area contributed by atoms with Crippen LogP contribution in [0, 0.1) is 11.3 Å². The number of carbonyl (C=O) groups is 1. The Kier molecular flexibility index (Phi) is 6.28. The molecule has 0 bridgehead atoms. The highest BCUT2D eigenvalue weighted by Gasteiger charge is 2.18. The van der Waals surface area contributed by atoms with Crippen LogP contribution in [0.3, 0.4) is 0 Å². The number of ether oxygens (including phenoxy) is 1. The third-order valence-corrected chi connectivity index (χ3v) is 5.07. The van der Waals surface area contributed by atoms with Gasteiger partial charge in [0.25, 0.3) is 5.91 Å². The number of benzene rings is 3. The molecule has 4 rings (SSSR count). The number of aromatic nitrogens is 2. The van der Waals surface area contributed by atoms with Gasteiger partial charge in [0.05, 0.1) is 30.9 Å². The second kappa shape index (κ2) is 9.63. The van der Waals surface area contributed by atoms with Crippen LogP contribution in [0.15, 0.2) is 85.1 Å². The van der Waals surface area contributed by atoms with Crippen LogP contribution < -0.4 is 10.1 Å². The molecule has 0 fully saturated rings. The molecule has 32 heavy (non-hydrogen) atoms. The fraction of sp³-hybridized carbons (Fsp3) is 0.115. The van der Waals surface area contributed by atoms with Crippen molar-refractivity contribution in [3.05, 3.63) is 107 Å². The van der Waals surface area contributed by atoms with Crippen LogP contribution in [0.25, 0.3) is 11.3 Å². The maximum absolute atomic E-state index is 13.1. The molecule has 6 nitrogen and oxygen atoms in total. The van der Waals surface area contributed by atoms with E-state index in [0.717, 1.165) is 16.7 Å². The molecule has 0 aliphatic rings. The number of nitriles is 1. The van der Waals surface area contributed by atoms with Crippen LogP contribution in [-0.2, 0) is 13.1 Å². The van der Waals surface area contributed by atoms with Gasteiger partial charge >= 0.3 is 0 Å². The van der Waals surface area contributed by atoms with Gasteiger partial charge in [-0.15, -0.1) is 0 Å². The third kappa shape index (κ3) is 4.85. The van der Waals surface area contributed by atoms with E-state index in [9.17, 15) is 4.79 Å². The van der Waals surface area contributed by atoms with Gasteiger partial charge in [0.2, 0.25) is 0 Å². The lowest BCUT2D eigenvalue weighted by atomic mass is 10.1. The van der Waals surface area contributed by atoms with E-state index in [2.05, 4.69) is 11.4 Å². The van der Waals surface area contributed by atoms with Crippen molar-refractivity contribution in [3.8, 4) is 23.1 Å². The van der Waals surface area contributed by atoms with E-state index in [1.54, 1.807) is 30.1 Å². The molecule has 0 atom stereocenters. The molecule has 0 spiro atoms. The number of rotatable bonds is 7. The zero-order valence-corrected chi connectivity index (χ0v) is 17.7. The molecule has 0 aliphatic heterocycles. The Balaban J connectivity index is 1.61. The molecule has 1 N–H and O–H groups in total. The average Bonchev–Trinajstić information content (AvgIpc) is 3.27. The topological polar surface area (TPSA) is 79.9 Å². The first-order valence-corrected chi connectivity index (χ1v) is 10.2. The smallest absolute Gasteiger partial charge is 0.255 e. The largest absolute Gasteiger partial charge is 0.497 e. The van der Waals surface area contributed by atoms with E-state index >= 15 is 0 Å². The van der Waals surface area contributed by atoms with Gasteiger partial charge in [0.1, 0.15) is 11.4 Å². The number of methoxy groups -OCH3 is 1. The summed E-state index contributed by atoms with van der Waals surface area (Å²) < 4.78 is 7.12. The van der Waals surface area contributed by atoms with Crippen LogP contribution >= 0.6 is 0 Å². The summed E-state index contributed by atoms with van der Waals surface area (Å²) in [6.45, 7) is 0.909. The normalized spacial score (nSPS) is 10.4. The Hall–Kier alpha value is -4.37. The number of nitrogens with zero attached hydrogens (tertiary/aromatic N) is 3. The first-order valence-electron chi connectivity index (χ1n) is 10.2. The molecule has 6 heteroatoms. The van der Waals surface area contributed by atoms with Crippen LogP contribution in [0.1, 0.15) is 27.0 Å². The molecule has 0 radical (unpaired) electrons. The molecular formula is C26H22N4O2. The van der Waals surface area contributed by atoms with Crippen molar-refractivity contribution in [3.63, 3.8) is 0 Å². The van der Waals surface area contributed by atoms with Crippen molar-refractivity contribution in [2.45, 2.75) is 13.1 Å². The average molecular weight is 422 g/mol. The Morgan fingerprint density at radius 3 is 2.53 bits per heavy atom. The highest BCUT2D eigenvalue weighted by molar-refractivity contribution is 5.99. The molecule has 0 unspecified atom stereocenters. The van der Waals surface area contributed by atoms with E-state index in [1.165, 1.54) is 0 Å². The Bertz CT molecular complexity index is 1260. The lowest BCUT2D eigenvalue weighted by molar-refractivity contribution is 0.0951. The van der Waals surface area contributed by atoms with Crippen molar-refractivity contribution in [1.29, 1.82) is 5.26 Å². The second-order valence-corrected chi connectivity index (χ2v) is 7.30. The van der Waals surface area contributed by atoms with Gasteiger partial charge in [-0.25, -0.2) is 0 Å². The number of hydrogen-bond donors (Lipinski definition) is 1. The zero-order chi connectivity index (χ0) is 22.3. The molecule has 0 saturated heterocycles. The molecule has 3 aromatic carbocycles. The van der Waals surface area contributed by atoms with Gasteiger partial charge in [0.15, 0.2) is 0 Å². The SMILES string of the molecule is COc1cccc(-c2nn(Cc3ccccc3)cc2C(=O)NCc2ccc(C#N)cc2)c1. The summed E-state index contributed by atoms with van der Waals surface area (Å²) in [6, 6.07) is 26.7. The number of hydrogen-bond acceptors (Lipinski definition) is 4. The van der Waals surface area contributed by atoms with E-state index in [0.29, 0.717) is 35.7 Å². The molecular weight excluding hydrogens is 400 g/mol. The molecule has 0 aliphatic carbocycles. The van der Waals surface area contributed by atoms with E-state index in [-0.39, 0.29) is 5.91 Å². The van der Waals surface area contributed by atoms with Crippen molar-refractivity contribution in [2.75, 3.05) is 7.11 Å². The summed E-state index contributed by atoms with van der Waals surface area (Å²) in [7, 11) is 1.61. The predicted octanol–water partition coefficient (Wildman–Crippen LogP) is 4.41. The fourth-order valence-corrected chi connectivity index (χ4v) is 3.40.